The molecule has 29 heavy (non-hydrogen) atoms. The topological polar surface area (TPSA) is 110 Å². The van der Waals surface area contributed by atoms with Gasteiger partial charge in [-0.05, 0) is 48.9 Å². The van der Waals surface area contributed by atoms with Gasteiger partial charge in [-0.1, -0.05) is 11.8 Å². The van der Waals surface area contributed by atoms with Crippen LogP contribution >= 0.6 is 11.8 Å². The average molecular weight is 405 g/mol. The number of aliphatic hydroxyl groups is 1. The van der Waals surface area contributed by atoms with Crippen LogP contribution in [0.3, 0.4) is 0 Å². The van der Waals surface area contributed by atoms with Gasteiger partial charge in [-0.25, -0.2) is 9.50 Å². The van der Waals surface area contributed by atoms with Gasteiger partial charge in [0, 0.05) is 17.7 Å². The fraction of sp³-hybridized carbons (Fsp3) is 0.211. The van der Waals surface area contributed by atoms with Gasteiger partial charge in [0.15, 0.2) is 17.1 Å². The van der Waals surface area contributed by atoms with E-state index in [1.807, 2.05) is 34.9 Å². The summed E-state index contributed by atoms with van der Waals surface area (Å²) in [4.78, 5) is 16.3. The predicted molar refractivity (Wildman–Crippen MR) is 105 cm³/mol. The Morgan fingerprint density at radius 2 is 2.07 bits per heavy atom. The second-order valence-corrected chi connectivity index (χ2v) is 7.54. The first-order valence-electron chi connectivity index (χ1n) is 8.99. The molecule has 0 aromatic carbocycles. The van der Waals surface area contributed by atoms with Crippen LogP contribution in [0, 0.1) is 17.8 Å². The lowest BCUT2D eigenvalue weighted by atomic mass is 10.3. The number of fused-ring (bicyclic) bond motifs is 2. The van der Waals surface area contributed by atoms with Crippen LogP contribution < -0.4 is 5.32 Å². The van der Waals surface area contributed by atoms with E-state index in [0.29, 0.717) is 27.3 Å². The number of carbonyl (C=O) groups is 1. The molecule has 5 rings (SSSR count). The Morgan fingerprint density at radius 1 is 1.21 bits per heavy atom. The van der Waals surface area contributed by atoms with Crippen LogP contribution in [0.15, 0.2) is 46.8 Å². The zero-order chi connectivity index (χ0) is 19.8. The molecule has 1 amide bonds. The van der Waals surface area contributed by atoms with Crippen molar-refractivity contribution in [3.05, 3.63) is 42.2 Å². The number of aliphatic hydroxyl groups excluding tert-OH is 1. The fourth-order valence-corrected chi connectivity index (χ4v) is 3.58. The Labute approximate surface area is 169 Å². The lowest BCUT2D eigenvalue weighted by Gasteiger charge is -2.01. The summed E-state index contributed by atoms with van der Waals surface area (Å²) >= 11 is 1.35. The van der Waals surface area contributed by atoms with Gasteiger partial charge in [0.2, 0.25) is 11.1 Å². The van der Waals surface area contributed by atoms with Crippen LogP contribution in [0.1, 0.15) is 18.4 Å². The molecule has 1 fully saturated rings. The van der Waals surface area contributed by atoms with Crippen LogP contribution in [0.4, 0.5) is 5.82 Å². The number of aromatic nitrogens is 6. The molecular formula is C19H15N7O2S. The summed E-state index contributed by atoms with van der Waals surface area (Å²) in [5.41, 5.74) is 2.09. The van der Waals surface area contributed by atoms with Crippen molar-refractivity contribution in [3.8, 4) is 11.8 Å². The molecule has 2 N–H and O–H groups in total. The average Bonchev–Trinajstić information content (AvgIpc) is 3.40. The summed E-state index contributed by atoms with van der Waals surface area (Å²) < 4.78 is 3.46. The van der Waals surface area contributed by atoms with Crippen molar-refractivity contribution in [1.29, 1.82) is 0 Å². The summed E-state index contributed by atoms with van der Waals surface area (Å²) in [6.07, 6.45) is 5.40. The molecule has 0 saturated heterocycles. The van der Waals surface area contributed by atoms with Gasteiger partial charge < -0.3 is 10.4 Å². The van der Waals surface area contributed by atoms with Crippen molar-refractivity contribution in [2.24, 2.45) is 5.92 Å². The number of nitrogens with zero attached hydrogens (tertiary/aromatic N) is 6. The molecule has 0 bridgehead atoms. The maximum atomic E-state index is 11.9. The third-order valence-corrected chi connectivity index (χ3v) is 5.26. The summed E-state index contributed by atoms with van der Waals surface area (Å²) in [6.45, 7) is -0.195. The van der Waals surface area contributed by atoms with Gasteiger partial charge in [0.1, 0.15) is 11.6 Å². The van der Waals surface area contributed by atoms with E-state index in [0.717, 1.165) is 18.4 Å². The number of imidazole rings is 1. The maximum absolute atomic E-state index is 11.9. The molecule has 1 aliphatic rings. The third-order valence-electron chi connectivity index (χ3n) is 4.37. The van der Waals surface area contributed by atoms with E-state index in [2.05, 4.69) is 37.4 Å². The molecule has 0 atom stereocenters. The zero-order valence-electron chi connectivity index (χ0n) is 15.1. The minimum Gasteiger partial charge on any atom is -0.384 e. The molecular weight excluding hydrogens is 390 g/mol. The molecule has 0 aliphatic heterocycles. The van der Waals surface area contributed by atoms with Crippen molar-refractivity contribution in [1.82, 2.24) is 29.2 Å². The first kappa shape index (κ1) is 17.7. The van der Waals surface area contributed by atoms with E-state index in [-0.39, 0.29) is 18.4 Å². The first-order valence-corrected chi connectivity index (χ1v) is 9.81. The van der Waals surface area contributed by atoms with E-state index in [1.54, 1.807) is 10.7 Å². The van der Waals surface area contributed by atoms with E-state index in [1.165, 1.54) is 11.8 Å². The smallest absolute Gasteiger partial charge is 0.228 e. The summed E-state index contributed by atoms with van der Waals surface area (Å²) in [7, 11) is 0. The highest BCUT2D eigenvalue weighted by Gasteiger charge is 2.30. The van der Waals surface area contributed by atoms with Gasteiger partial charge in [-0.3, -0.25) is 9.20 Å². The van der Waals surface area contributed by atoms with Crippen LogP contribution in [-0.4, -0.2) is 46.8 Å². The highest BCUT2D eigenvalue weighted by atomic mass is 32.2. The standard InChI is InChI=1S/C19H15N7O2S/c27-9-1-2-12-3-6-16-22-23-19(25(16)10-12)29-17-8-7-15-20-14(11-26(15)24-17)21-18(28)13-4-5-13/h3,6-8,10-11,13,27H,4-5,9H2,(H,21,28). The maximum Gasteiger partial charge on any atom is 0.228 e. The number of nitrogens with one attached hydrogen (secondary N) is 1. The largest absolute Gasteiger partial charge is 0.384 e. The number of hydrogen-bond donors (Lipinski definition) is 2. The molecule has 4 aromatic rings. The number of carbonyl (C=O) groups excluding carboxylic acids is 1. The molecule has 1 aliphatic carbocycles. The van der Waals surface area contributed by atoms with Crippen molar-refractivity contribution < 1.29 is 9.90 Å². The minimum atomic E-state index is -0.195. The van der Waals surface area contributed by atoms with Crippen LogP contribution in [0.2, 0.25) is 0 Å². The van der Waals surface area contributed by atoms with Crippen molar-refractivity contribution in [2.45, 2.75) is 23.0 Å². The lowest BCUT2D eigenvalue weighted by Crippen LogP contribution is -2.13. The van der Waals surface area contributed by atoms with Crippen LogP contribution in [0.5, 0.6) is 0 Å². The molecule has 144 valence electrons. The Morgan fingerprint density at radius 3 is 2.90 bits per heavy atom. The summed E-state index contributed by atoms with van der Waals surface area (Å²) in [5.74, 6) is 6.13. The van der Waals surface area contributed by atoms with Gasteiger partial charge in [-0.15, -0.1) is 10.2 Å². The van der Waals surface area contributed by atoms with Crippen LogP contribution in [-0.2, 0) is 4.79 Å². The SMILES string of the molecule is O=C(Nc1cn2nc(Sc3nnc4ccc(C#CCO)cn34)ccc2n1)C1CC1. The molecule has 0 radical (unpaired) electrons. The molecule has 4 heterocycles. The Balaban J connectivity index is 1.41. The zero-order valence-corrected chi connectivity index (χ0v) is 15.9. The van der Waals surface area contributed by atoms with Gasteiger partial charge >= 0.3 is 0 Å². The molecule has 1 saturated carbocycles. The van der Waals surface area contributed by atoms with Crippen LogP contribution in [0.25, 0.3) is 11.3 Å². The number of hydrogen-bond acceptors (Lipinski definition) is 7. The summed E-state index contributed by atoms with van der Waals surface area (Å²) in [5, 5.41) is 26.0. The van der Waals surface area contributed by atoms with E-state index >= 15 is 0 Å². The van der Waals surface area contributed by atoms with Gasteiger partial charge in [0.25, 0.3) is 0 Å². The number of rotatable bonds is 4. The predicted octanol–water partition coefficient (Wildman–Crippen LogP) is 1.62. The second kappa shape index (κ2) is 7.20. The van der Waals surface area contributed by atoms with Crippen molar-refractivity contribution in [2.75, 3.05) is 11.9 Å². The monoisotopic (exact) mass is 405 g/mol. The van der Waals surface area contributed by atoms with Crippen molar-refractivity contribution >= 4 is 34.8 Å². The number of pyridine rings is 1. The highest BCUT2D eigenvalue weighted by Crippen LogP contribution is 2.30. The van der Waals surface area contributed by atoms with E-state index in [4.69, 9.17) is 5.11 Å². The van der Waals surface area contributed by atoms with E-state index in [9.17, 15) is 4.79 Å². The molecule has 9 nitrogen and oxygen atoms in total. The van der Waals surface area contributed by atoms with Gasteiger partial charge in [0.05, 0.1) is 6.20 Å². The second-order valence-electron chi connectivity index (χ2n) is 6.55. The quantitative estimate of drug-likeness (QED) is 0.497. The molecule has 0 spiro atoms. The molecule has 4 aromatic heterocycles. The fourth-order valence-electron chi connectivity index (χ4n) is 2.80. The number of amides is 1. The molecule has 10 heteroatoms. The highest BCUT2D eigenvalue weighted by molar-refractivity contribution is 7.99. The van der Waals surface area contributed by atoms with Crippen molar-refractivity contribution in [3.63, 3.8) is 0 Å². The molecule has 0 unspecified atom stereocenters. The minimum absolute atomic E-state index is 0.0121. The van der Waals surface area contributed by atoms with Gasteiger partial charge in [-0.2, -0.15) is 5.10 Å². The lowest BCUT2D eigenvalue weighted by molar-refractivity contribution is -0.117. The van der Waals surface area contributed by atoms with E-state index < -0.39 is 0 Å². The Bertz CT molecular complexity index is 1300. The first-order chi connectivity index (χ1) is 14.2. The Kier molecular flexibility index (Phi) is 4.38. The number of anilines is 1. The Hall–Kier alpha value is -3.42. The normalized spacial score (nSPS) is 13.4. The third kappa shape index (κ3) is 3.65. The summed E-state index contributed by atoms with van der Waals surface area (Å²) in [6, 6.07) is 7.33.